The van der Waals surface area contributed by atoms with Gasteiger partial charge in [-0.15, -0.1) is 0 Å². The Kier molecular flexibility index (Phi) is 3.69. The molecule has 3 rings (SSSR count). The monoisotopic (exact) mass is 347 g/mol. The molecule has 0 N–H and O–H groups in total. The van der Waals surface area contributed by atoms with Crippen molar-refractivity contribution in [2.75, 3.05) is 26.3 Å². The van der Waals surface area contributed by atoms with Gasteiger partial charge in [0, 0.05) is 0 Å². The molecule has 0 bridgehead atoms. The van der Waals surface area contributed by atoms with Crippen molar-refractivity contribution in [2.45, 2.75) is 23.3 Å². The van der Waals surface area contributed by atoms with Crippen LogP contribution in [0, 0.1) is 0 Å². The maximum atomic E-state index is 13.4. The van der Waals surface area contributed by atoms with Gasteiger partial charge in [-0.25, -0.2) is 22.0 Å². The summed E-state index contributed by atoms with van der Waals surface area (Å²) in [5.74, 6) is -3.55. The minimum absolute atomic E-state index is 0.0666. The number of carbonyl (C=O) groups excluding carboxylic acids is 1. The molecule has 1 aromatic carbocycles. The van der Waals surface area contributed by atoms with Crippen LogP contribution in [-0.2, 0) is 19.5 Å². The molecule has 0 atom stereocenters. The smallest absolute Gasteiger partial charge is 0.338 e. The molecule has 2 aliphatic rings. The van der Waals surface area contributed by atoms with Gasteiger partial charge in [-0.2, -0.15) is 4.31 Å². The first kappa shape index (κ1) is 16.3. The zero-order chi connectivity index (χ0) is 16.9. The number of hydrogen-bond acceptors (Lipinski definition) is 5. The Labute approximate surface area is 132 Å². The van der Waals surface area contributed by atoms with E-state index in [9.17, 15) is 22.0 Å². The number of sulfonamides is 1. The molecule has 2 saturated heterocycles. The maximum absolute atomic E-state index is 13.4. The average molecular weight is 347 g/mol. The Morgan fingerprint density at radius 2 is 1.91 bits per heavy atom. The predicted molar refractivity (Wildman–Crippen MR) is 74.8 cm³/mol. The molecule has 6 nitrogen and oxygen atoms in total. The number of ether oxygens (including phenoxy) is 2. The Balaban J connectivity index is 1.73. The highest BCUT2D eigenvalue weighted by atomic mass is 32.2. The standard InChI is InChI=1S/C14H15F2NO5S/c1-2-21-12(18)10-3-5-11(6-4-10)23(19,20)17-7-13(8-17)14(15,16)9-22-13/h3-6H,2,7-9H2,1H3. The van der Waals surface area contributed by atoms with E-state index < -0.39 is 34.1 Å². The molecule has 0 unspecified atom stereocenters. The fourth-order valence-electron chi connectivity index (χ4n) is 2.53. The summed E-state index contributed by atoms with van der Waals surface area (Å²) in [5, 5.41) is 0. The Hall–Kier alpha value is -1.58. The molecule has 2 heterocycles. The quantitative estimate of drug-likeness (QED) is 0.767. The van der Waals surface area contributed by atoms with Gasteiger partial charge in [0.25, 0.3) is 0 Å². The van der Waals surface area contributed by atoms with E-state index in [2.05, 4.69) is 0 Å². The van der Waals surface area contributed by atoms with Crippen LogP contribution in [0.5, 0.6) is 0 Å². The van der Waals surface area contributed by atoms with E-state index in [1.54, 1.807) is 6.92 Å². The summed E-state index contributed by atoms with van der Waals surface area (Å²) < 4.78 is 62.2. The molecule has 0 amide bonds. The van der Waals surface area contributed by atoms with Crippen LogP contribution in [0.2, 0.25) is 0 Å². The molecular formula is C14H15F2NO5S. The summed E-state index contributed by atoms with van der Waals surface area (Å²) in [6, 6.07) is 5.17. The van der Waals surface area contributed by atoms with E-state index in [4.69, 9.17) is 9.47 Å². The molecule has 23 heavy (non-hydrogen) atoms. The predicted octanol–water partition coefficient (Wildman–Crippen LogP) is 1.27. The number of hydrogen-bond donors (Lipinski definition) is 0. The van der Waals surface area contributed by atoms with Crippen LogP contribution >= 0.6 is 0 Å². The van der Waals surface area contributed by atoms with Crippen molar-refractivity contribution in [2.24, 2.45) is 0 Å². The number of rotatable bonds is 4. The summed E-state index contributed by atoms with van der Waals surface area (Å²) in [4.78, 5) is 11.5. The van der Waals surface area contributed by atoms with Crippen LogP contribution in [0.3, 0.4) is 0 Å². The van der Waals surface area contributed by atoms with E-state index in [1.165, 1.54) is 24.3 Å². The zero-order valence-corrected chi connectivity index (χ0v) is 13.1. The van der Waals surface area contributed by atoms with Crippen molar-refractivity contribution in [3.05, 3.63) is 29.8 Å². The molecule has 1 aromatic rings. The number of carbonyl (C=O) groups is 1. The lowest BCUT2D eigenvalue weighted by molar-refractivity contribution is -0.357. The number of halogens is 2. The van der Waals surface area contributed by atoms with E-state index in [0.717, 1.165) is 4.31 Å². The first-order valence-electron chi connectivity index (χ1n) is 7.01. The molecule has 0 aliphatic carbocycles. The van der Waals surface area contributed by atoms with Gasteiger partial charge >= 0.3 is 11.9 Å². The lowest BCUT2D eigenvalue weighted by Gasteiger charge is -2.57. The number of nitrogens with zero attached hydrogens (tertiary/aromatic N) is 1. The van der Waals surface area contributed by atoms with Gasteiger partial charge in [0.05, 0.1) is 30.2 Å². The fourth-order valence-corrected chi connectivity index (χ4v) is 4.06. The number of esters is 1. The molecule has 1 spiro atoms. The summed E-state index contributed by atoms with van der Waals surface area (Å²) in [5.41, 5.74) is -1.45. The highest BCUT2D eigenvalue weighted by molar-refractivity contribution is 7.89. The molecule has 0 radical (unpaired) electrons. The molecular weight excluding hydrogens is 332 g/mol. The second-order valence-electron chi connectivity index (χ2n) is 5.51. The molecule has 2 aliphatic heterocycles. The third kappa shape index (κ3) is 2.43. The van der Waals surface area contributed by atoms with Gasteiger partial charge in [-0.1, -0.05) is 0 Å². The largest absolute Gasteiger partial charge is 0.462 e. The van der Waals surface area contributed by atoms with Crippen LogP contribution in [-0.4, -0.2) is 56.5 Å². The van der Waals surface area contributed by atoms with Crippen molar-refractivity contribution >= 4 is 16.0 Å². The number of alkyl halides is 2. The first-order chi connectivity index (χ1) is 10.7. The molecule has 9 heteroatoms. The van der Waals surface area contributed by atoms with Gasteiger partial charge < -0.3 is 9.47 Å². The highest BCUT2D eigenvalue weighted by Crippen LogP contribution is 2.49. The van der Waals surface area contributed by atoms with Crippen molar-refractivity contribution in [1.29, 1.82) is 0 Å². The van der Waals surface area contributed by atoms with Crippen LogP contribution in [0.4, 0.5) is 8.78 Å². The van der Waals surface area contributed by atoms with Crippen molar-refractivity contribution in [3.8, 4) is 0 Å². The molecule has 0 aromatic heterocycles. The third-order valence-corrected chi connectivity index (χ3v) is 5.87. The summed E-state index contributed by atoms with van der Waals surface area (Å²) in [6.45, 7) is 0.455. The minimum Gasteiger partial charge on any atom is -0.462 e. The molecule has 2 fully saturated rings. The minimum atomic E-state index is -3.89. The Bertz CT molecular complexity index is 726. The van der Waals surface area contributed by atoms with E-state index in [1.807, 2.05) is 0 Å². The topological polar surface area (TPSA) is 72.9 Å². The zero-order valence-electron chi connectivity index (χ0n) is 12.3. The summed E-state index contributed by atoms with van der Waals surface area (Å²) in [6.07, 6.45) is 0. The molecule has 0 saturated carbocycles. The highest BCUT2D eigenvalue weighted by Gasteiger charge is 2.71. The lowest BCUT2D eigenvalue weighted by Crippen LogP contribution is -2.79. The van der Waals surface area contributed by atoms with Gasteiger partial charge in [-0.3, -0.25) is 0 Å². The SMILES string of the molecule is CCOC(=O)c1ccc(S(=O)(=O)N2CC3(C2)OCC3(F)F)cc1. The first-order valence-corrected chi connectivity index (χ1v) is 8.45. The van der Waals surface area contributed by atoms with E-state index in [0.29, 0.717) is 0 Å². The van der Waals surface area contributed by atoms with Gasteiger partial charge in [0.2, 0.25) is 10.0 Å². The van der Waals surface area contributed by atoms with Crippen molar-refractivity contribution in [3.63, 3.8) is 0 Å². The van der Waals surface area contributed by atoms with Crippen molar-refractivity contribution < 1.29 is 31.5 Å². The van der Waals surface area contributed by atoms with Crippen LogP contribution in [0.15, 0.2) is 29.2 Å². The van der Waals surface area contributed by atoms with E-state index >= 15 is 0 Å². The van der Waals surface area contributed by atoms with Crippen LogP contribution < -0.4 is 0 Å². The Morgan fingerprint density at radius 3 is 2.35 bits per heavy atom. The van der Waals surface area contributed by atoms with E-state index in [-0.39, 0.29) is 30.2 Å². The number of benzene rings is 1. The fraction of sp³-hybridized carbons (Fsp3) is 0.500. The lowest BCUT2D eigenvalue weighted by atomic mass is 9.84. The summed E-state index contributed by atoms with van der Waals surface area (Å²) >= 11 is 0. The van der Waals surface area contributed by atoms with Crippen molar-refractivity contribution in [1.82, 2.24) is 4.31 Å². The third-order valence-electron chi connectivity index (χ3n) is 4.06. The van der Waals surface area contributed by atoms with Gasteiger partial charge in [0.15, 0.2) is 5.60 Å². The second kappa shape index (κ2) is 5.22. The normalized spacial score (nSPS) is 22.2. The Morgan fingerprint density at radius 1 is 1.30 bits per heavy atom. The van der Waals surface area contributed by atoms with Gasteiger partial charge in [0.1, 0.15) is 6.61 Å². The molecule has 126 valence electrons. The van der Waals surface area contributed by atoms with Crippen LogP contribution in [0.25, 0.3) is 0 Å². The maximum Gasteiger partial charge on any atom is 0.338 e. The second-order valence-corrected chi connectivity index (χ2v) is 7.44. The average Bonchev–Trinajstić information content (AvgIpc) is 2.45. The van der Waals surface area contributed by atoms with Gasteiger partial charge in [-0.05, 0) is 31.2 Å². The summed E-state index contributed by atoms with van der Waals surface area (Å²) in [7, 11) is -3.89. The van der Waals surface area contributed by atoms with Crippen LogP contribution in [0.1, 0.15) is 17.3 Å².